The first-order valence-corrected chi connectivity index (χ1v) is 4.65. The number of carboxylic acids is 1. The number of nitrogens with two attached hydrogens (primary N) is 1. The highest BCUT2D eigenvalue weighted by Gasteiger charge is 2.17. The number of nitrogens with zero attached hydrogens (tertiary/aromatic N) is 1. The average molecular weight is 230 g/mol. The summed E-state index contributed by atoms with van der Waals surface area (Å²) in [6.45, 7) is 1.44. The van der Waals surface area contributed by atoms with Crippen LogP contribution < -0.4 is 5.73 Å². The fourth-order valence-electron chi connectivity index (χ4n) is 1.39. The molecule has 0 bridgehead atoms. The molecule has 1 aromatic rings. The van der Waals surface area contributed by atoms with Crippen molar-refractivity contribution >= 4 is 5.97 Å². The molecule has 88 valence electrons. The Morgan fingerprint density at radius 3 is 2.69 bits per heavy atom. The molecular weight excluding hydrogens is 218 g/mol. The van der Waals surface area contributed by atoms with Gasteiger partial charge in [0.25, 0.3) is 6.43 Å². The molecule has 0 radical (unpaired) electrons. The first-order valence-electron chi connectivity index (χ1n) is 4.65. The molecule has 16 heavy (non-hydrogen) atoms. The maximum Gasteiger partial charge on any atom is 0.309 e. The monoisotopic (exact) mass is 230 g/mol. The Balaban J connectivity index is 3.25. The summed E-state index contributed by atoms with van der Waals surface area (Å²) in [6, 6.07) is 1.21. The maximum atomic E-state index is 12.6. The fraction of sp³-hybridized carbons (Fsp3) is 0.400. The van der Waals surface area contributed by atoms with Crippen LogP contribution in [0.3, 0.4) is 0 Å². The Bertz CT molecular complexity index is 408. The lowest BCUT2D eigenvalue weighted by Gasteiger charge is -2.11. The van der Waals surface area contributed by atoms with E-state index >= 15 is 0 Å². The minimum absolute atomic E-state index is 0.00657. The molecule has 0 fully saturated rings. The van der Waals surface area contributed by atoms with E-state index in [0.717, 1.165) is 0 Å². The highest BCUT2D eigenvalue weighted by Crippen LogP contribution is 2.25. The predicted molar refractivity (Wildman–Crippen MR) is 53.2 cm³/mol. The number of hydrogen-bond acceptors (Lipinski definition) is 3. The van der Waals surface area contributed by atoms with Gasteiger partial charge in [-0.05, 0) is 18.6 Å². The van der Waals surface area contributed by atoms with E-state index in [-0.39, 0.29) is 35.5 Å². The lowest BCUT2D eigenvalue weighted by Crippen LogP contribution is -2.11. The second-order valence-corrected chi connectivity index (χ2v) is 3.35. The second kappa shape index (κ2) is 4.98. The van der Waals surface area contributed by atoms with Gasteiger partial charge in [-0.1, -0.05) is 0 Å². The first-order chi connectivity index (χ1) is 7.45. The lowest BCUT2D eigenvalue weighted by atomic mass is 10.0. The normalized spacial score (nSPS) is 10.8. The number of hydrogen-bond donors (Lipinski definition) is 2. The van der Waals surface area contributed by atoms with Gasteiger partial charge in [0.1, 0.15) is 0 Å². The molecular formula is C10H12F2N2O2. The van der Waals surface area contributed by atoms with Crippen molar-refractivity contribution in [3.63, 3.8) is 0 Å². The summed E-state index contributed by atoms with van der Waals surface area (Å²) >= 11 is 0. The molecule has 0 atom stereocenters. The van der Waals surface area contributed by atoms with Crippen molar-refractivity contribution in [1.29, 1.82) is 0 Å². The number of alkyl halides is 2. The molecule has 3 N–H and O–H groups in total. The van der Waals surface area contributed by atoms with E-state index < -0.39 is 12.4 Å². The summed E-state index contributed by atoms with van der Waals surface area (Å²) in [7, 11) is 0. The van der Waals surface area contributed by atoms with Crippen LogP contribution in [0.5, 0.6) is 0 Å². The molecule has 1 rings (SSSR count). The Morgan fingerprint density at radius 1 is 1.62 bits per heavy atom. The fourth-order valence-corrected chi connectivity index (χ4v) is 1.39. The van der Waals surface area contributed by atoms with Crippen LogP contribution in [0.2, 0.25) is 0 Å². The number of rotatable bonds is 4. The summed E-state index contributed by atoms with van der Waals surface area (Å²) in [5, 5.41) is 8.63. The van der Waals surface area contributed by atoms with Crippen molar-refractivity contribution in [3.8, 4) is 0 Å². The van der Waals surface area contributed by atoms with Crippen LogP contribution in [0.4, 0.5) is 8.78 Å². The molecule has 0 unspecified atom stereocenters. The highest BCUT2D eigenvalue weighted by atomic mass is 19.3. The molecule has 0 amide bonds. The predicted octanol–water partition coefficient (Wildman–Crippen LogP) is 1.41. The third kappa shape index (κ3) is 2.73. The van der Waals surface area contributed by atoms with Crippen molar-refractivity contribution < 1.29 is 18.7 Å². The summed E-state index contributed by atoms with van der Waals surface area (Å²) in [5.41, 5.74) is 5.75. The van der Waals surface area contributed by atoms with Gasteiger partial charge in [-0.25, -0.2) is 8.78 Å². The minimum Gasteiger partial charge on any atom is -0.481 e. The van der Waals surface area contributed by atoms with Crippen molar-refractivity contribution in [2.75, 3.05) is 0 Å². The van der Waals surface area contributed by atoms with Gasteiger partial charge in [-0.3, -0.25) is 9.78 Å². The van der Waals surface area contributed by atoms with Crippen molar-refractivity contribution in [3.05, 3.63) is 28.6 Å². The van der Waals surface area contributed by atoms with Crippen LogP contribution in [0.25, 0.3) is 0 Å². The van der Waals surface area contributed by atoms with E-state index in [1.54, 1.807) is 0 Å². The third-order valence-corrected chi connectivity index (χ3v) is 2.23. The van der Waals surface area contributed by atoms with Crippen LogP contribution >= 0.6 is 0 Å². The zero-order valence-electron chi connectivity index (χ0n) is 8.70. The quantitative estimate of drug-likeness (QED) is 0.820. The zero-order valence-corrected chi connectivity index (χ0v) is 8.70. The number of aliphatic carboxylic acids is 1. The van der Waals surface area contributed by atoms with Crippen LogP contribution in [0, 0.1) is 6.92 Å². The molecule has 0 spiro atoms. The van der Waals surface area contributed by atoms with Crippen LogP contribution in [0.1, 0.15) is 28.9 Å². The highest BCUT2D eigenvalue weighted by molar-refractivity contribution is 5.70. The summed E-state index contributed by atoms with van der Waals surface area (Å²) in [6.07, 6.45) is -3.03. The molecule has 1 aromatic heterocycles. The molecule has 0 aliphatic carbocycles. The molecule has 0 saturated heterocycles. The van der Waals surface area contributed by atoms with Gasteiger partial charge in [0.15, 0.2) is 0 Å². The molecule has 0 aliphatic rings. The largest absolute Gasteiger partial charge is 0.481 e. The van der Waals surface area contributed by atoms with E-state index in [4.69, 9.17) is 10.8 Å². The summed E-state index contributed by atoms with van der Waals surface area (Å²) in [5.74, 6) is -1.11. The Morgan fingerprint density at radius 2 is 2.25 bits per heavy atom. The van der Waals surface area contributed by atoms with Gasteiger partial charge >= 0.3 is 5.97 Å². The SMILES string of the molecule is Cc1c(C(F)F)cc(CN)nc1CC(=O)O. The van der Waals surface area contributed by atoms with E-state index in [0.29, 0.717) is 0 Å². The van der Waals surface area contributed by atoms with Gasteiger partial charge in [-0.15, -0.1) is 0 Å². The van der Waals surface area contributed by atoms with Crippen molar-refractivity contribution in [2.24, 2.45) is 5.73 Å². The molecule has 0 aliphatic heterocycles. The van der Waals surface area contributed by atoms with Gasteiger partial charge in [0.05, 0.1) is 17.8 Å². The Labute approximate surface area is 91.1 Å². The average Bonchev–Trinajstić information content (AvgIpc) is 2.19. The van der Waals surface area contributed by atoms with E-state index in [9.17, 15) is 13.6 Å². The minimum atomic E-state index is -2.65. The van der Waals surface area contributed by atoms with E-state index in [1.807, 2.05) is 0 Å². The standard InChI is InChI=1S/C10H12F2N2O2/c1-5-7(10(11)12)2-6(4-13)14-8(5)3-9(15)16/h2,10H,3-4,13H2,1H3,(H,15,16). The molecule has 6 heteroatoms. The zero-order chi connectivity index (χ0) is 12.3. The number of carboxylic acid groups (broad SMARTS) is 1. The maximum absolute atomic E-state index is 12.6. The number of halogens is 2. The summed E-state index contributed by atoms with van der Waals surface area (Å²) < 4.78 is 25.3. The van der Waals surface area contributed by atoms with Gasteiger partial charge in [-0.2, -0.15) is 0 Å². The molecule has 0 saturated carbocycles. The van der Waals surface area contributed by atoms with Crippen LogP contribution in [-0.4, -0.2) is 16.1 Å². The Kier molecular flexibility index (Phi) is 3.89. The van der Waals surface area contributed by atoms with Crippen LogP contribution in [-0.2, 0) is 17.8 Å². The lowest BCUT2D eigenvalue weighted by molar-refractivity contribution is -0.136. The third-order valence-electron chi connectivity index (χ3n) is 2.23. The molecule has 1 heterocycles. The van der Waals surface area contributed by atoms with Crippen molar-refractivity contribution in [1.82, 2.24) is 4.98 Å². The van der Waals surface area contributed by atoms with E-state index in [1.165, 1.54) is 13.0 Å². The number of carbonyl (C=O) groups is 1. The number of pyridine rings is 1. The van der Waals surface area contributed by atoms with Gasteiger partial charge < -0.3 is 10.8 Å². The smallest absolute Gasteiger partial charge is 0.309 e. The van der Waals surface area contributed by atoms with Gasteiger partial charge in [0.2, 0.25) is 0 Å². The van der Waals surface area contributed by atoms with E-state index in [2.05, 4.69) is 4.98 Å². The Hall–Kier alpha value is -1.56. The summed E-state index contributed by atoms with van der Waals surface area (Å²) in [4.78, 5) is 14.5. The van der Waals surface area contributed by atoms with Gasteiger partial charge in [0, 0.05) is 12.1 Å². The molecule has 4 nitrogen and oxygen atoms in total. The topological polar surface area (TPSA) is 76.2 Å². The molecule has 0 aromatic carbocycles. The van der Waals surface area contributed by atoms with Crippen molar-refractivity contribution in [2.45, 2.75) is 26.3 Å². The second-order valence-electron chi connectivity index (χ2n) is 3.35. The van der Waals surface area contributed by atoms with Crippen LogP contribution in [0.15, 0.2) is 6.07 Å². The number of aromatic nitrogens is 1. The first kappa shape index (κ1) is 12.5.